The second-order valence-electron chi connectivity index (χ2n) is 3.00. The van der Waals surface area contributed by atoms with Gasteiger partial charge in [-0.05, 0) is 6.92 Å². The van der Waals surface area contributed by atoms with Crippen LogP contribution in [0.5, 0.6) is 0 Å². The zero-order chi connectivity index (χ0) is 11.4. The lowest BCUT2D eigenvalue weighted by Gasteiger charge is -1.99. The molecule has 0 saturated carbocycles. The van der Waals surface area contributed by atoms with Crippen LogP contribution in [0.1, 0.15) is 13.3 Å². The van der Waals surface area contributed by atoms with Gasteiger partial charge in [-0.15, -0.1) is 0 Å². The SMILES string of the molecule is C=C(C)N/N=C1/NC(=O)[C@@H](CC(=O)O)S1. The number of hydrazone groups is 1. The summed E-state index contributed by atoms with van der Waals surface area (Å²) >= 11 is 1.09. The normalized spacial score (nSPS) is 22.6. The zero-order valence-electron chi connectivity index (χ0n) is 8.11. The number of carboxylic acid groups (broad SMARTS) is 1. The first-order chi connectivity index (χ1) is 6.99. The molecule has 1 amide bonds. The van der Waals surface area contributed by atoms with Crippen molar-refractivity contribution in [3.8, 4) is 0 Å². The summed E-state index contributed by atoms with van der Waals surface area (Å²) in [5.74, 6) is -1.33. The van der Waals surface area contributed by atoms with Gasteiger partial charge in [0.15, 0.2) is 5.17 Å². The Morgan fingerprint density at radius 1 is 1.80 bits per heavy atom. The number of carbonyl (C=O) groups is 2. The number of nitrogens with zero attached hydrogens (tertiary/aromatic N) is 1. The van der Waals surface area contributed by atoms with E-state index in [1.54, 1.807) is 6.92 Å². The summed E-state index contributed by atoms with van der Waals surface area (Å²) in [6.45, 7) is 5.29. The van der Waals surface area contributed by atoms with Gasteiger partial charge in [0.25, 0.3) is 0 Å². The lowest BCUT2D eigenvalue weighted by atomic mass is 10.3. The summed E-state index contributed by atoms with van der Waals surface area (Å²) in [6, 6.07) is 0. The van der Waals surface area contributed by atoms with Gasteiger partial charge >= 0.3 is 5.97 Å². The standard InChI is InChI=1S/C8H11N3O3S/c1-4(2)10-11-8-9-7(14)5(15-8)3-6(12)13/h5,10H,1,3H2,2H3,(H,12,13)(H,9,11,14)/t5-/m1/s1. The number of amides is 1. The summed E-state index contributed by atoms with van der Waals surface area (Å²) in [7, 11) is 0. The molecule has 82 valence electrons. The van der Waals surface area contributed by atoms with E-state index in [1.807, 2.05) is 0 Å². The molecule has 1 aliphatic heterocycles. The fourth-order valence-electron chi connectivity index (χ4n) is 0.897. The molecule has 0 aromatic rings. The Labute approximate surface area is 90.8 Å². The van der Waals surface area contributed by atoms with E-state index >= 15 is 0 Å². The molecule has 0 radical (unpaired) electrons. The Balaban J connectivity index is 2.55. The number of allylic oxidation sites excluding steroid dienone is 1. The minimum absolute atomic E-state index is 0.206. The third-order valence-electron chi connectivity index (χ3n) is 1.48. The molecule has 15 heavy (non-hydrogen) atoms. The topological polar surface area (TPSA) is 90.8 Å². The molecule has 6 nitrogen and oxygen atoms in total. The van der Waals surface area contributed by atoms with Crippen LogP contribution >= 0.6 is 11.8 Å². The Kier molecular flexibility index (Phi) is 3.73. The molecule has 7 heteroatoms. The van der Waals surface area contributed by atoms with Crippen LogP contribution in [0.3, 0.4) is 0 Å². The quantitative estimate of drug-likeness (QED) is 0.594. The van der Waals surface area contributed by atoms with Crippen LogP contribution in [0.15, 0.2) is 17.4 Å². The maximum atomic E-state index is 11.2. The summed E-state index contributed by atoms with van der Waals surface area (Å²) in [5, 5.41) is 14.6. The monoisotopic (exact) mass is 229 g/mol. The van der Waals surface area contributed by atoms with Crippen molar-refractivity contribution in [1.29, 1.82) is 0 Å². The van der Waals surface area contributed by atoms with Crippen molar-refractivity contribution in [1.82, 2.24) is 10.7 Å². The molecule has 0 bridgehead atoms. The maximum Gasteiger partial charge on any atom is 0.305 e. The number of rotatable bonds is 4. The minimum atomic E-state index is -1.00. The van der Waals surface area contributed by atoms with Crippen molar-refractivity contribution in [2.45, 2.75) is 18.6 Å². The van der Waals surface area contributed by atoms with Gasteiger partial charge in [0.2, 0.25) is 5.91 Å². The van der Waals surface area contributed by atoms with Gasteiger partial charge in [0.1, 0.15) is 5.25 Å². The van der Waals surface area contributed by atoms with Crippen molar-refractivity contribution >= 4 is 28.8 Å². The van der Waals surface area contributed by atoms with Crippen LogP contribution in [-0.4, -0.2) is 27.4 Å². The molecule has 3 N–H and O–H groups in total. The number of carbonyl (C=O) groups excluding carboxylic acids is 1. The Morgan fingerprint density at radius 2 is 2.47 bits per heavy atom. The lowest BCUT2D eigenvalue weighted by Crippen LogP contribution is -2.27. The van der Waals surface area contributed by atoms with Crippen LogP contribution in [0.25, 0.3) is 0 Å². The molecule has 1 atom stereocenters. The lowest BCUT2D eigenvalue weighted by molar-refractivity contribution is -0.138. The van der Waals surface area contributed by atoms with E-state index in [-0.39, 0.29) is 12.3 Å². The Hall–Kier alpha value is -1.50. The molecule has 0 aromatic carbocycles. The second kappa shape index (κ2) is 4.83. The third-order valence-corrected chi connectivity index (χ3v) is 2.57. The van der Waals surface area contributed by atoms with Crippen LogP contribution in [0.2, 0.25) is 0 Å². The van der Waals surface area contributed by atoms with Gasteiger partial charge in [0.05, 0.1) is 6.42 Å². The molecule has 0 aromatic heterocycles. The van der Waals surface area contributed by atoms with E-state index in [9.17, 15) is 9.59 Å². The predicted octanol–water partition coefficient (Wildman–Crippen LogP) is 0.0869. The largest absolute Gasteiger partial charge is 0.481 e. The van der Waals surface area contributed by atoms with Crippen molar-refractivity contribution in [3.63, 3.8) is 0 Å². The van der Waals surface area contributed by atoms with E-state index < -0.39 is 11.2 Å². The molecule has 1 rings (SSSR count). The molecule has 1 aliphatic rings. The van der Waals surface area contributed by atoms with Gasteiger partial charge in [-0.1, -0.05) is 18.3 Å². The minimum Gasteiger partial charge on any atom is -0.481 e. The second-order valence-corrected chi connectivity index (χ2v) is 4.19. The number of hydrogen-bond donors (Lipinski definition) is 3. The average molecular weight is 229 g/mol. The fourth-order valence-corrected chi connectivity index (χ4v) is 1.82. The highest BCUT2D eigenvalue weighted by molar-refractivity contribution is 8.15. The smallest absolute Gasteiger partial charge is 0.305 e. The molecular formula is C8H11N3O3S. The first-order valence-electron chi connectivity index (χ1n) is 4.17. The molecule has 1 saturated heterocycles. The number of hydrogen-bond acceptors (Lipinski definition) is 5. The van der Waals surface area contributed by atoms with Gasteiger partial charge in [-0.2, -0.15) is 5.10 Å². The van der Waals surface area contributed by atoms with Crippen LogP contribution in [-0.2, 0) is 9.59 Å². The summed E-state index contributed by atoms with van der Waals surface area (Å²) < 4.78 is 0. The molecule has 1 fully saturated rings. The van der Waals surface area contributed by atoms with Crippen LogP contribution < -0.4 is 10.7 Å². The van der Waals surface area contributed by atoms with E-state index in [1.165, 1.54) is 0 Å². The van der Waals surface area contributed by atoms with Gasteiger partial charge < -0.3 is 10.4 Å². The van der Waals surface area contributed by atoms with Gasteiger partial charge in [-0.25, -0.2) is 0 Å². The highest BCUT2D eigenvalue weighted by atomic mass is 32.2. The number of carboxylic acids is 1. The fraction of sp³-hybridized carbons (Fsp3) is 0.375. The van der Waals surface area contributed by atoms with E-state index in [0.717, 1.165) is 11.8 Å². The van der Waals surface area contributed by atoms with Gasteiger partial charge in [-0.3, -0.25) is 15.0 Å². The third kappa shape index (κ3) is 3.62. The number of nitrogens with one attached hydrogen (secondary N) is 2. The number of aliphatic carboxylic acids is 1. The van der Waals surface area contributed by atoms with Crippen molar-refractivity contribution in [2.75, 3.05) is 0 Å². The Morgan fingerprint density at radius 3 is 3.00 bits per heavy atom. The maximum absolute atomic E-state index is 11.2. The van der Waals surface area contributed by atoms with Crippen LogP contribution in [0, 0.1) is 0 Å². The van der Waals surface area contributed by atoms with Crippen molar-refractivity contribution in [3.05, 3.63) is 12.3 Å². The molecule has 0 aliphatic carbocycles. The molecule has 0 unspecified atom stereocenters. The van der Waals surface area contributed by atoms with Crippen molar-refractivity contribution in [2.24, 2.45) is 5.10 Å². The zero-order valence-corrected chi connectivity index (χ0v) is 8.93. The number of amidine groups is 1. The summed E-state index contributed by atoms with van der Waals surface area (Å²) in [5.41, 5.74) is 3.23. The summed E-state index contributed by atoms with van der Waals surface area (Å²) in [4.78, 5) is 21.6. The summed E-state index contributed by atoms with van der Waals surface area (Å²) in [6.07, 6.45) is -0.206. The molecular weight excluding hydrogens is 218 g/mol. The predicted molar refractivity (Wildman–Crippen MR) is 57.2 cm³/mol. The number of thioether (sulfide) groups is 1. The first kappa shape index (κ1) is 11.6. The first-order valence-corrected chi connectivity index (χ1v) is 5.05. The highest BCUT2D eigenvalue weighted by Gasteiger charge is 2.32. The van der Waals surface area contributed by atoms with E-state index in [2.05, 4.69) is 22.4 Å². The molecule has 0 spiro atoms. The molecule has 1 heterocycles. The Bertz CT molecular complexity index is 340. The van der Waals surface area contributed by atoms with E-state index in [0.29, 0.717) is 10.9 Å². The average Bonchev–Trinajstić information content (AvgIpc) is 2.43. The van der Waals surface area contributed by atoms with Crippen molar-refractivity contribution < 1.29 is 14.7 Å². The van der Waals surface area contributed by atoms with Crippen LogP contribution in [0.4, 0.5) is 0 Å². The van der Waals surface area contributed by atoms with E-state index in [4.69, 9.17) is 5.11 Å². The van der Waals surface area contributed by atoms with Gasteiger partial charge in [0, 0.05) is 5.70 Å². The highest BCUT2D eigenvalue weighted by Crippen LogP contribution is 2.21.